The van der Waals surface area contributed by atoms with Gasteiger partial charge in [0.1, 0.15) is 38.5 Å². The Morgan fingerprint density at radius 3 is 1.70 bits per heavy atom. The van der Waals surface area contributed by atoms with Gasteiger partial charge < -0.3 is 56.4 Å². The zero-order valence-corrected chi connectivity index (χ0v) is 33.2. The lowest BCUT2D eigenvalue weighted by atomic mass is 9.99. The predicted molar refractivity (Wildman–Crippen MR) is 205 cm³/mol. The number of phenolic OH excluding ortho intramolecular Hbond substituents is 1. The van der Waals surface area contributed by atoms with E-state index >= 15 is 0 Å². The molecule has 1 rings (SSSR count). The van der Waals surface area contributed by atoms with E-state index in [1.807, 2.05) is 0 Å². The van der Waals surface area contributed by atoms with Crippen molar-refractivity contribution < 1.29 is 82.8 Å². The van der Waals surface area contributed by atoms with Crippen LogP contribution in [0.4, 0.5) is 0 Å². The molecule has 7 amide bonds. The highest BCUT2D eigenvalue weighted by molar-refractivity contribution is 5.95. The molecule has 1 aromatic rings. The first-order valence-corrected chi connectivity index (χ1v) is 18.5. The van der Waals surface area contributed by atoms with Gasteiger partial charge in [-0.25, -0.2) is 0 Å². The summed E-state index contributed by atoms with van der Waals surface area (Å²) in [5.74, 6) is -11.1. The molecule has 0 fully saturated rings. The summed E-state index contributed by atoms with van der Waals surface area (Å²) in [7, 11) is 0. The number of ketones is 3. The maximum Gasteiger partial charge on any atom is 0.323 e. The number of carbonyl (C=O) groups excluding carboxylic acids is 10. The predicted octanol–water partition coefficient (Wildman–Crippen LogP) is -3.79. The first-order chi connectivity index (χ1) is 28.7. The van der Waals surface area contributed by atoms with Crippen LogP contribution in [0, 0.1) is 0 Å². The quantitative estimate of drug-likeness (QED) is 0.0262. The number of nitrogens with zero attached hydrogens (tertiary/aromatic N) is 3. The molecular formula is C37H49N7O17. The molecule has 1 aromatic carbocycles. The molecule has 8 N–H and O–H groups in total. The van der Waals surface area contributed by atoms with Gasteiger partial charge >= 0.3 is 17.9 Å². The summed E-state index contributed by atoms with van der Waals surface area (Å²) in [6.45, 7) is -5.01. The molecule has 0 radical (unpaired) electrons. The number of hydrogen-bond acceptors (Lipinski definition) is 14. The molecule has 0 unspecified atom stereocenters. The lowest BCUT2D eigenvalue weighted by Crippen LogP contribution is -2.47. The maximum absolute atomic E-state index is 12.7. The van der Waals surface area contributed by atoms with E-state index in [0.29, 0.717) is 21.8 Å². The van der Waals surface area contributed by atoms with Crippen LogP contribution in [0.25, 0.3) is 0 Å². The van der Waals surface area contributed by atoms with Crippen LogP contribution >= 0.6 is 0 Å². The van der Waals surface area contributed by atoms with Gasteiger partial charge in [0.2, 0.25) is 41.9 Å². The normalized spacial score (nSPS) is 10.8. The van der Waals surface area contributed by atoms with Crippen LogP contribution in [0.5, 0.6) is 5.75 Å². The Morgan fingerprint density at radius 1 is 0.590 bits per heavy atom. The zero-order valence-electron chi connectivity index (χ0n) is 33.2. The molecule has 24 nitrogen and oxygen atoms in total. The second-order valence-electron chi connectivity index (χ2n) is 13.3. The molecule has 0 spiro atoms. The Balaban J connectivity index is 2.57. The number of rotatable bonds is 31. The molecule has 0 aromatic heterocycles. The number of carboxylic acid groups (broad SMARTS) is 3. The first-order valence-electron chi connectivity index (χ1n) is 18.5. The molecular weight excluding hydrogens is 814 g/mol. The average molecular weight is 864 g/mol. The standard InChI is InChI=1S/C37H49N7O17/c1-23(46)42(19-35(56)57)17-31(52)38-12-2-3-27(49)16-43(20-36(58)59)33(54)11-8-26(48)14-39-32(53)18-44(21-37(60)61)34(55)15-40-30(51)10-9-29(50)28(41-22-45)13-24-4-6-25(47)7-5-24/h4-7,22,28,47H,2-3,8-21H2,1H3,(H,38,52)(H,39,53)(H,40,51)(H,41,45)(H,56,57)(H,58,59)(H,60,61)/t28-/m0/s1. The van der Waals surface area contributed by atoms with E-state index in [4.69, 9.17) is 5.11 Å². The second kappa shape index (κ2) is 27.4. The smallest absolute Gasteiger partial charge is 0.323 e. The van der Waals surface area contributed by atoms with E-state index < -0.39 is 148 Å². The number of Topliss-reactive ketones (excluding diaryl/α,β-unsaturated/α-hetero) is 3. The van der Waals surface area contributed by atoms with E-state index in [0.717, 1.165) is 11.8 Å². The van der Waals surface area contributed by atoms with Crippen LogP contribution in [-0.4, -0.2) is 177 Å². The van der Waals surface area contributed by atoms with Gasteiger partial charge in [0.25, 0.3) is 0 Å². The number of nitrogens with one attached hydrogen (secondary N) is 4. The summed E-state index contributed by atoms with van der Waals surface area (Å²) in [5, 5.41) is 45.9. The molecule has 61 heavy (non-hydrogen) atoms. The molecule has 334 valence electrons. The molecule has 0 saturated heterocycles. The van der Waals surface area contributed by atoms with E-state index in [1.165, 1.54) is 12.1 Å². The third-order valence-corrected chi connectivity index (χ3v) is 8.29. The monoisotopic (exact) mass is 863 g/mol. The van der Waals surface area contributed by atoms with Crippen LogP contribution in [0.2, 0.25) is 0 Å². The van der Waals surface area contributed by atoms with Crippen molar-refractivity contribution in [1.29, 1.82) is 0 Å². The van der Waals surface area contributed by atoms with Gasteiger partial charge in [0, 0.05) is 45.6 Å². The van der Waals surface area contributed by atoms with Crippen molar-refractivity contribution in [3.63, 3.8) is 0 Å². The molecule has 1 atom stereocenters. The topological polar surface area (TPSA) is 361 Å². The SMILES string of the molecule is CC(=O)N(CC(=O)O)CC(=O)NCCCC(=O)CN(CC(=O)O)C(=O)CCC(=O)CNC(=O)CN(CC(=O)O)C(=O)CNC(=O)CCC(=O)[C@H](Cc1ccc(O)cc1)NC=O. The van der Waals surface area contributed by atoms with Gasteiger partial charge in [0.15, 0.2) is 17.3 Å². The van der Waals surface area contributed by atoms with E-state index in [-0.39, 0.29) is 38.0 Å². The number of carbonyl (C=O) groups is 13. The molecule has 0 aliphatic heterocycles. The summed E-state index contributed by atoms with van der Waals surface area (Å²) in [6.07, 6.45) is -1.58. The van der Waals surface area contributed by atoms with Crippen molar-refractivity contribution in [2.45, 2.75) is 57.9 Å². The van der Waals surface area contributed by atoms with Gasteiger partial charge in [0.05, 0.1) is 25.7 Å². The van der Waals surface area contributed by atoms with Crippen LogP contribution in [-0.2, 0) is 68.7 Å². The van der Waals surface area contributed by atoms with Crippen LogP contribution in [0.3, 0.4) is 0 Å². The summed E-state index contributed by atoms with van der Waals surface area (Å²) in [5.41, 5.74) is 0.615. The van der Waals surface area contributed by atoms with Gasteiger partial charge in [-0.3, -0.25) is 62.3 Å². The fourth-order valence-corrected chi connectivity index (χ4v) is 5.19. The van der Waals surface area contributed by atoms with Crippen molar-refractivity contribution in [1.82, 2.24) is 36.0 Å². The minimum Gasteiger partial charge on any atom is -0.508 e. The fraction of sp³-hybridized carbons (Fsp3) is 0.486. The largest absolute Gasteiger partial charge is 0.508 e. The Morgan fingerprint density at radius 2 is 1.13 bits per heavy atom. The molecule has 0 aliphatic rings. The Hall–Kier alpha value is -7.27. The lowest BCUT2D eigenvalue weighted by Gasteiger charge is -2.21. The Kier molecular flexibility index (Phi) is 23.3. The third kappa shape index (κ3) is 23.0. The van der Waals surface area contributed by atoms with Crippen molar-refractivity contribution >= 4 is 77.1 Å². The number of hydrogen-bond donors (Lipinski definition) is 8. The third-order valence-electron chi connectivity index (χ3n) is 8.29. The molecule has 24 heteroatoms. The number of benzene rings is 1. The summed E-state index contributed by atoms with van der Waals surface area (Å²) in [6, 6.07) is 4.88. The highest BCUT2D eigenvalue weighted by atomic mass is 16.4. The lowest BCUT2D eigenvalue weighted by molar-refractivity contribution is -0.146. The van der Waals surface area contributed by atoms with Crippen LogP contribution < -0.4 is 21.3 Å². The maximum atomic E-state index is 12.7. The van der Waals surface area contributed by atoms with Gasteiger partial charge in [-0.2, -0.15) is 0 Å². The highest BCUT2D eigenvalue weighted by Crippen LogP contribution is 2.12. The van der Waals surface area contributed by atoms with E-state index in [1.54, 1.807) is 12.1 Å². The molecule has 0 heterocycles. The zero-order chi connectivity index (χ0) is 46.1. The average Bonchev–Trinajstić information content (AvgIpc) is 3.18. The summed E-state index contributed by atoms with van der Waals surface area (Å²) >= 11 is 0. The fourth-order valence-electron chi connectivity index (χ4n) is 5.19. The van der Waals surface area contributed by atoms with Gasteiger partial charge in [-0.05, 0) is 30.5 Å². The van der Waals surface area contributed by atoms with Crippen molar-refractivity contribution in [2.75, 3.05) is 58.9 Å². The van der Waals surface area contributed by atoms with Crippen LogP contribution in [0.1, 0.15) is 51.0 Å². The van der Waals surface area contributed by atoms with E-state index in [9.17, 15) is 77.6 Å². The first kappa shape index (κ1) is 51.7. The Labute approximate surface area is 348 Å². The molecule has 0 aliphatic carbocycles. The van der Waals surface area contributed by atoms with Crippen molar-refractivity contribution in [3.05, 3.63) is 29.8 Å². The van der Waals surface area contributed by atoms with Crippen molar-refractivity contribution in [3.8, 4) is 5.75 Å². The van der Waals surface area contributed by atoms with Crippen LogP contribution in [0.15, 0.2) is 24.3 Å². The highest BCUT2D eigenvalue weighted by Gasteiger charge is 2.24. The molecule has 0 saturated carbocycles. The summed E-state index contributed by atoms with van der Waals surface area (Å²) in [4.78, 5) is 158. The minimum absolute atomic E-state index is 0.00323. The number of aromatic hydroxyl groups is 1. The second-order valence-corrected chi connectivity index (χ2v) is 13.3. The van der Waals surface area contributed by atoms with E-state index in [2.05, 4.69) is 21.3 Å². The number of aliphatic carboxylic acids is 3. The minimum atomic E-state index is -1.52. The number of amides is 7. The van der Waals surface area contributed by atoms with Gasteiger partial charge in [-0.15, -0.1) is 0 Å². The summed E-state index contributed by atoms with van der Waals surface area (Å²) < 4.78 is 0. The molecule has 0 bridgehead atoms. The Bertz CT molecular complexity index is 1800. The van der Waals surface area contributed by atoms with Crippen molar-refractivity contribution in [2.24, 2.45) is 0 Å². The number of carboxylic acids is 3. The van der Waals surface area contributed by atoms with Gasteiger partial charge in [-0.1, -0.05) is 12.1 Å². The number of phenols is 1.